The Morgan fingerprint density at radius 2 is 1.11 bits per heavy atom. The molecule has 0 spiro atoms. The van der Waals surface area contributed by atoms with Gasteiger partial charge in [0.15, 0.2) is 6.10 Å². The molecular weight excluding hydrogens is 819 g/mol. The van der Waals surface area contributed by atoms with Gasteiger partial charge in [0.2, 0.25) is 0 Å². The van der Waals surface area contributed by atoms with Gasteiger partial charge < -0.3 is 45.0 Å². The molecule has 7 N–H and O–H groups in total. The molecule has 0 aromatic carbocycles. The van der Waals surface area contributed by atoms with Gasteiger partial charge in [-0.2, -0.15) is 0 Å². The van der Waals surface area contributed by atoms with Crippen molar-refractivity contribution < 1.29 is 68.2 Å². The smallest absolute Gasteiger partial charge is 0.462 e. The summed E-state index contributed by atoms with van der Waals surface area (Å²) in [6, 6.07) is 0. The number of unbranched alkanes of at least 4 members (excludes halogenated alkanes) is 15. The molecule has 1 fully saturated rings. The molecule has 62 heavy (non-hydrogen) atoms. The van der Waals surface area contributed by atoms with Crippen LogP contribution in [0.25, 0.3) is 0 Å². The molecule has 0 aromatic heterocycles. The standard InChI is InChI=1S/C47H81O14P/c1-3-5-7-9-11-12-13-14-15-16-17-18-23-27-31-35-41(50)60-39(37-59-62(56,57)61-47-45(54)43(52)42(51)44(53)46(47)55)36-58-40(49)34-30-26-22-20-19-21-25-29-33-38(48)32-28-24-10-8-6-4-2/h6,8,20-22,24-25,28-29,33,38-39,42-48,51-55H,3-5,7,9-19,23,26-27,30-32,34-37H2,1-2H3,(H,56,57)/b8-6-,22-20-,25-21-,28-24-,33-29+/t38?,39-,42?,43-,44+,45-,46-,47?/m1/s1. The van der Waals surface area contributed by atoms with E-state index in [4.69, 9.17) is 18.5 Å². The molecule has 1 rings (SSSR count). The lowest BCUT2D eigenvalue weighted by atomic mass is 9.85. The summed E-state index contributed by atoms with van der Waals surface area (Å²) in [4.78, 5) is 35.7. The molecule has 0 heterocycles. The van der Waals surface area contributed by atoms with Gasteiger partial charge in [0, 0.05) is 12.8 Å². The molecule has 15 heteroatoms. The molecule has 0 radical (unpaired) electrons. The van der Waals surface area contributed by atoms with Crippen LogP contribution in [0.15, 0.2) is 60.8 Å². The zero-order chi connectivity index (χ0) is 45.9. The summed E-state index contributed by atoms with van der Waals surface area (Å²) < 4.78 is 33.4. The maximum Gasteiger partial charge on any atom is 0.472 e. The molecule has 0 saturated heterocycles. The lowest BCUT2D eigenvalue weighted by Crippen LogP contribution is -2.64. The zero-order valence-corrected chi connectivity index (χ0v) is 38.4. The highest BCUT2D eigenvalue weighted by molar-refractivity contribution is 7.47. The fourth-order valence-electron chi connectivity index (χ4n) is 6.70. The fourth-order valence-corrected chi connectivity index (χ4v) is 7.67. The van der Waals surface area contributed by atoms with Crippen molar-refractivity contribution in [1.82, 2.24) is 0 Å². The number of esters is 2. The van der Waals surface area contributed by atoms with E-state index in [0.29, 0.717) is 32.1 Å². The summed E-state index contributed by atoms with van der Waals surface area (Å²) in [7, 11) is -5.14. The average molecular weight is 901 g/mol. The topological polar surface area (TPSA) is 230 Å². The highest BCUT2D eigenvalue weighted by Crippen LogP contribution is 2.47. The maximum atomic E-state index is 12.8. The van der Waals surface area contributed by atoms with Gasteiger partial charge in [0.1, 0.15) is 43.2 Å². The van der Waals surface area contributed by atoms with E-state index in [0.717, 1.165) is 38.5 Å². The van der Waals surface area contributed by atoms with E-state index in [2.05, 4.69) is 26.0 Å². The second-order valence-corrected chi connectivity index (χ2v) is 17.5. The number of hydrogen-bond acceptors (Lipinski definition) is 13. The van der Waals surface area contributed by atoms with Crippen molar-refractivity contribution in [1.29, 1.82) is 0 Å². The van der Waals surface area contributed by atoms with Gasteiger partial charge in [-0.25, -0.2) is 4.57 Å². The van der Waals surface area contributed by atoms with Gasteiger partial charge in [0.05, 0.1) is 12.7 Å². The van der Waals surface area contributed by atoms with Crippen molar-refractivity contribution in [3.8, 4) is 0 Å². The number of carbonyl (C=O) groups is 2. The third kappa shape index (κ3) is 29.1. The Hall–Kier alpha value is -2.49. The van der Waals surface area contributed by atoms with Crippen LogP contribution >= 0.6 is 7.82 Å². The van der Waals surface area contributed by atoms with Crippen molar-refractivity contribution in [3.05, 3.63) is 60.8 Å². The summed E-state index contributed by atoms with van der Waals surface area (Å²) in [6.45, 7) is 3.06. The summed E-state index contributed by atoms with van der Waals surface area (Å²) in [5.74, 6) is -1.21. The SMILES string of the molecule is CC/C=C\C/C=C\CC(O)/C=C/C=C\C/C=C\CCCC(=O)OC[C@H](COP(=O)(O)OC1[C@H](O)[C@H](O)C(O)[C@H](O)[C@H]1O)OC(=O)CCCCCCCCCCCCCCCCC. The number of aliphatic hydroxyl groups is 6. The minimum absolute atomic E-state index is 0.0559. The molecule has 1 aliphatic carbocycles. The zero-order valence-electron chi connectivity index (χ0n) is 37.5. The second-order valence-electron chi connectivity index (χ2n) is 16.1. The first-order valence-electron chi connectivity index (χ1n) is 23.2. The number of phosphoric ester groups is 1. The molecule has 0 bridgehead atoms. The number of rotatable bonds is 37. The molecule has 9 atom stereocenters. The third-order valence-electron chi connectivity index (χ3n) is 10.5. The van der Waals surface area contributed by atoms with Gasteiger partial charge in [-0.05, 0) is 44.9 Å². The number of allylic oxidation sites excluding steroid dienone is 8. The van der Waals surface area contributed by atoms with Crippen LogP contribution in [0.5, 0.6) is 0 Å². The van der Waals surface area contributed by atoms with Crippen molar-refractivity contribution >= 4 is 19.8 Å². The first-order chi connectivity index (χ1) is 29.8. The van der Waals surface area contributed by atoms with E-state index in [-0.39, 0.29) is 12.8 Å². The number of hydrogen-bond donors (Lipinski definition) is 7. The molecular formula is C47H81O14P. The molecule has 0 aromatic rings. The lowest BCUT2D eigenvalue weighted by molar-refractivity contribution is -0.220. The largest absolute Gasteiger partial charge is 0.472 e. The monoisotopic (exact) mass is 901 g/mol. The summed E-state index contributed by atoms with van der Waals surface area (Å²) in [6.07, 6.45) is 27.3. The van der Waals surface area contributed by atoms with Crippen LogP contribution in [0.2, 0.25) is 0 Å². The number of ether oxygens (including phenoxy) is 2. The summed E-state index contributed by atoms with van der Waals surface area (Å²) >= 11 is 0. The Balaban J connectivity index is 2.53. The molecule has 358 valence electrons. The van der Waals surface area contributed by atoms with E-state index < -0.39 is 81.8 Å². The van der Waals surface area contributed by atoms with Gasteiger partial charge >= 0.3 is 19.8 Å². The van der Waals surface area contributed by atoms with E-state index in [1.54, 1.807) is 12.2 Å². The molecule has 14 nitrogen and oxygen atoms in total. The molecule has 4 unspecified atom stereocenters. The third-order valence-corrected chi connectivity index (χ3v) is 11.4. The highest BCUT2D eigenvalue weighted by atomic mass is 31.2. The minimum atomic E-state index is -5.14. The summed E-state index contributed by atoms with van der Waals surface area (Å²) in [5, 5.41) is 60.2. The lowest BCUT2D eigenvalue weighted by Gasteiger charge is -2.41. The van der Waals surface area contributed by atoms with E-state index >= 15 is 0 Å². The predicted octanol–water partition coefficient (Wildman–Crippen LogP) is 7.92. The van der Waals surface area contributed by atoms with Crippen molar-refractivity contribution in [3.63, 3.8) is 0 Å². The molecule has 1 aliphatic rings. The Bertz CT molecular complexity index is 1330. The van der Waals surface area contributed by atoms with E-state index in [1.165, 1.54) is 64.2 Å². The highest BCUT2D eigenvalue weighted by Gasteiger charge is 2.51. The molecule has 1 saturated carbocycles. The normalized spacial score (nSPS) is 22.9. The quantitative estimate of drug-likeness (QED) is 0.0103. The van der Waals surface area contributed by atoms with Crippen LogP contribution in [0.4, 0.5) is 0 Å². The molecule has 0 amide bonds. The van der Waals surface area contributed by atoms with Crippen LogP contribution in [0, 0.1) is 0 Å². The Labute approximate surface area is 371 Å². The van der Waals surface area contributed by atoms with Gasteiger partial charge in [-0.15, -0.1) is 0 Å². The fraction of sp³-hybridized carbons (Fsp3) is 0.745. The Morgan fingerprint density at radius 1 is 0.597 bits per heavy atom. The van der Waals surface area contributed by atoms with Crippen LogP contribution in [-0.2, 0) is 32.7 Å². The van der Waals surface area contributed by atoms with E-state index in [9.17, 15) is 49.7 Å². The Morgan fingerprint density at radius 3 is 1.71 bits per heavy atom. The second kappa shape index (κ2) is 36.8. The molecule has 0 aliphatic heterocycles. The van der Waals surface area contributed by atoms with Crippen molar-refractivity contribution in [2.75, 3.05) is 13.2 Å². The average Bonchev–Trinajstić information content (AvgIpc) is 3.25. The Kier molecular flexibility index (Phi) is 34.2. The van der Waals surface area contributed by atoms with Crippen LogP contribution in [-0.4, -0.2) is 110 Å². The minimum Gasteiger partial charge on any atom is -0.462 e. The maximum absolute atomic E-state index is 12.8. The predicted molar refractivity (Wildman–Crippen MR) is 241 cm³/mol. The summed E-state index contributed by atoms with van der Waals surface area (Å²) in [5.41, 5.74) is 0. The first-order valence-corrected chi connectivity index (χ1v) is 24.7. The van der Waals surface area contributed by atoms with Crippen LogP contribution < -0.4 is 0 Å². The van der Waals surface area contributed by atoms with Crippen LogP contribution in [0.3, 0.4) is 0 Å². The van der Waals surface area contributed by atoms with Gasteiger partial charge in [-0.1, -0.05) is 164 Å². The first kappa shape index (κ1) is 57.5. The van der Waals surface area contributed by atoms with Crippen molar-refractivity contribution in [2.24, 2.45) is 0 Å². The number of carbonyl (C=O) groups excluding carboxylic acids is 2. The van der Waals surface area contributed by atoms with Gasteiger partial charge in [0.25, 0.3) is 0 Å². The van der Waals surface area contributed by atoms with Crippen molar-refractivity contribution in [2.45, 2.75) is 210 Å². The van der Waals surface area contributed by atoms with E-state index in [1.807, 2.05) is 36.5 Å². The number of phosphoric acid groups is 1. The number of aliphatic hydroxyl groups excluding tert-OH is 6. The van der Waals surface area contributed by atoms with Gasteiger partial charge in [-0.3, -0.25) is 18.6 Å². The van der Waals surface area contributed by atoms with Crippen LogP contribution in [0.1, 0.15) is 162 Å².